The van der Waals surface area contributed by atoms with Crippen LogP contribution >= 0.6 is 0 Å². The average Bonchev–Trinajstić information content (AvgIpc) is 2.93. The van der Waals surface area contributed by atoms with Crippen molar-refractivity contribution >= 4 is 23.3 Å². The molecule has 6 heteroatoms. The third-order valence-electron chi connectivity index (χ3n) is 6.16. The van der Waals surface area contributed by atoms with Crippen LogP contribution in [0.15, 0.2) is 109 Å². The molecule has 0 aliphatic carbocycles. The van der Waals surface area contributed by atoms with Crippen LogP contribution in [0.25, 0.3) is 11.1 Å². The molecule has 0 aliphatic heterocycles. The molecule has 0 radical (unpaired) electrons. The van der Waals surface area contributed by atoms with Crippen LogP contribution in [-0.2, 0) is 22.6 Å². The molecule has 0 saturated carbocycles. The van der Waals surface area contributed by atoms with Crippen molar-refractivity contribution in [2.45, 2.75) is 19.4 Å². The van der Waals surface area contributed by atoms with Gasteiger partial charge in [0.15, 0.2) is 0 Å². The van der Waals surface area contributed by atoms with Crippen molar-refractivity contribution in [3.8, 4) is 11.1 Å². The smallest absolute Gasteiger partial charge is 0.236 e. The Morgan fingerprint density at radius 1 is 0.730 bits per heavy atom. The van der Waals surface area contributed by atoms with Crippen LogP contribution in [0.5, 0.6) is 0 Å². The fraction of sp³-hybridized carbons (Fsp3) is 0.129. The highest BCUT2D eigenvalue weighted by molar-refractivity contribution is 6.06. The van der Waals surface area contributed by atoms with E-state index in [1.54, 1.807) is 24.3 Å². The van der Waals surface area contributed by atoms with Crippen molar-refractivity contribution in [3.63, 3.8) is 0 Å². The summed E-state index contributed by atoms with van der Waals surface area (Å²) in [6.45, 7) is 0.321. The predicted octanol–water partition coefficient (Wildman–Crippen LogP) is 5.14. The van der Waals surface area contributed by atoms with Crippen molar-refractivity contribution in [3.05, 3.63) is 126 Å². The number of nitrogens with one attached hydrogen (secondary N) is 3. The second-order valence-corrected chi connectivity index (χ2v) is 8.84. The topological polar surface area (TPSA) is 108 Å². The molecule has 37 heavy (non-hydrogen) atoms. The molecule has 0 bridgehead atoms. The number of benzene rings is 4. The number of anilines is 1. The molecule has 0 aromatic heterocycles. The van der Waals surface area contributed by atoms with Crippen LogP contribution in [0.4, 0.5) is 5.69 Å². The number of carbonyl (C=O) groups excluding carboxylic acids is 2. The minimum Gasteiger partial charge on any atom is -0.384 e. The number of carbonyl (C=O) groups is 2. The van der Waals surface area contributed by atoms with Crippen molar-refractivity contribution in [1.29, 1.82) is 5.41 Å². The lowest BCUT2D eigenvalue weighted by atomic mass is 9.97. The van der Waals surface area contributed by atoms with Crippen LogP contribution < -0.4 is 16.4 Å². The molecule has 6 nitrogen and oxygen atoms in total. The molecule has 5 N–H and O–H groups in total. The monoisotopic (exact) mass is 490 g/mol. The molecule has 4 rings (SSSR count). The molecule has 4 aromatic rings. The SMILES string of the molecule is N=C(N)c1ccc(NC(=O)C(CCc2ccccc2)C(=O)NCc2cccc(-c3ccccc3)c2)cc1. The van der Waals surface area contributed by atoms with E-state index in [-0.39, 0.29) is 17.6 Å². The van der Waals surface area contributed by atoms with E-state index in [0.717, 1.165) is 22.3 Å². The lowest BCUT2D eigenvalue weighted by Crippen LogP contribution is -2.38. The normalized spacial score (nSPS) is 11.4. The van der Waals surface area contributed by atoms with Crippen LogP contribution in [0, 0.1) is 11.3 Å². The van der Waals surface area contributed by atoms with Crippen molar-refractivity contribution in [2.24, 2.45) is 11.7 Å². The Kier molecular flexibility index (Phi) is 8.45. The molecule has 0 aliphatic rings. The second-order valence-electron chi connectivity index (χ2n) is 8.84. The van der Waals surface area contributed by atoms with Gasteiger partial charge in [0.05, 0.1) is 0 Å². The van der Waals surface area contributed by atoms with E-state index in [9.17, 15) is 9.59 Å². The first kappa shape index (κ1) is 25.4. The average molecular weight is 491 g/mol. The Balaban J connectivity index is 1.45. The fourth-order valence-corrected chi connectivity index (χ4v) is 4.10. The van der Waals surface area contributed by atoms with E-state index in [1.807, 2.05) is 84.9 Å². The first-order valence-corrected chi connectivity index (χ1v) is 12.2. The zero-order valence-electron chi connectivity index (χ0n) is 20.5. The maximum atomic E-state index is 13.3. The number of hydrogen-bond donors (Lipinski definition) is 4. The number of hydrogen-bond acceptors (Lipinski definition) is 3. The summed E-state index contributed by atoms with van der Waals surface area (Å²) < 4.78 is 0. The summed E-state index contributed by atoms with van der Waals surface area (Å²) in [4.78, 5) is 26.5. The largest absolute Gasteiger partial charge is 0.384 e. The van der Waals surface area contributed by atoms with Crippen LogP contribution in [0.1, 0.15) is 23.1 Å². The number of amidine groups is 1. The van der Waals surface area contributed by atoms with Gasteiger partial charge in [0, 0.05) is 17.8 Å². The molecule has 1 unspecified atom stereocenters. The van der Waals surface area contributed by atoms with E-state index in [0.29, 0.717) is 30.6 Å². The third-order valence-corrected chi connectivity index (χ3v) is 6.16. The molecule has 0 fully saturated rings. The van der Waals surface area contributed by atoms with Crippen LogP contribution in [0.3, 0.4) is 0 Å². The van der Waals surface area contributed by atoms with Gasteiger partial charge < -0.3 is 16.4 Å². The minimum atomic E-state index is -0.870. The zero-order valence-corrected chi connectivity index (χ0v) is 20.5. The Labute approximate surface area is 217 Å². The lowest BCUT2D eigenvalue weighted by Gasteiger charge is -2.17. The van der Waals surface area contributed by atoms with Crippen molar-refractivity contribution < 1.29 is 9.59 Å². The Morgan fingerprint density at radius 2 is 1.35 bits per heavy atom. The highest BCUT2D eigenvalue weighted by Gasteiger charge is 2.26. The highest BCUT2D eigenvalue weighted by Crippen LogP contribution is 2.20. The van der Waals surface area contributed by atoms with E-state index < -0.39 is 5.92 Å². The number of nitrogen functional groups attached to an aromatic ring is 1. The maximum absolute atomic E-state index is 13.3. The van der Waals surface area contributed by atoms with E-state index in [1.165, 1.54) is 0 Å². The molecule has 186 valence electrons. The summed E-state index contributed by atoms with van der Waals surface area (Å²) in [6, 6.07) is 34.6. The Morgan fingerprint density at radius 3 is 2.03 bits per heavy atom. The quantitative estimate of drug-likeness (QED) is 0.140. The summed E-state index contributed by atoms with van der Waals surface area (Å²) in [7, 11) is 0. The van der Waals surface area contributed by atoms with Gasteiger partial charge in [0.25, 0.3) is 0 Å². The summed E-state index contributed by atoms with van der Waals surface area (Å²) >= 11 is 0. The van der Waals surface area contributed by atoms with Crippen molar-refractivity contribution in [1.82, 2.24) is 5.32 Å². The zero-order chi connectivity index (χ0) is 26.0. The fourth-order valence-electron chi connectivity index (χ4n) is 4.10. The van der Waals surface area contributed by atoms with Gasteiger partial charge >= 0.3 is 0 Å². The van der Waals surface area contributed by atoms with Crippen molar-refractivity contribution in [2.75, 3.05) is 5.32 Å². The van der Waals surface area contributed by atoms with Gasteiger partial charge in [-0.25, -0.2) is 0 Å². The number of rotatable bonds is 10. The summed E-state index contributed by atoms with van der Waals surface area (Å²) in [5.41, 5.74) is 10.8. The molecule has 0 heterocycles. The Bertz CT molecular complexity index is 1350. The first-order chi connectivity index (χ1) is 18.0. The van der Waals surface area contributed by atoms with Gasteiger partial charge in [0.1, 0.15) is 11.8 Å². The third kappa shape index (κ3) is 7.15. The summed E-state index contributed by atoms with van der Waals surface area (Å²) in [5.74, 6) is -1.61. The molecule has 0 saturated heterocycles. The van der Waals surface area contributed by atoms with Gasteiger partial charge in [-0.3, -0.25) is 15.0 Å². The van der Waals surface area contributed by atoms with Crippen LogP contribution in [0.2, 0.25) is 0 Å². The standard InChI is InChI=1S/C31H30N4O2/c32-29(33)25-15-17-27(18-16-25)35-31(37)28(19-14-22-8-3-1-4-9-22)30(36)34-21-23-10-7-13-26(20-23)24-11-5-2-6-12-24/h1-13,15-18,20,28H,14,19,21H2,(H3,32,33)(H,34,36)(H,35,37). The molecular formula is C31H30N4O2. The van der Waals surface area contributed by atoms with Gasteiger partial charge in [-0.05, 0) is 65.4 Å². The summed E-state index contributed by atoms with van der Waals surface area (Å²) in [5, 5.41) is 13.3. The molecule has 2 amide bonds. The molecule has 1 atom stereocenters. The van der Waals surface area contributed by atoms with Gasteiger partial charge in [-0.15, -0.1) is 0 Å². The molecular weight excluding hydrogens is 460 g/mol. The van der Waals surface area contributed by atoms with Gasteiger partial charge in [-0.2, -0.15) is 0 Å². The minimum absolute atomic E-state index is 0.0469. The van der Waals surface area contributed by atoms with E-state index in [2.05, 4.69) is 10.6 Å². The molecule has 0 spiro atoms. The second kappa shape index (κ2) is 12.3. The van der Waals surface area contributed by atoms with E-state index in [4.69, 9.17) is 11.1 Å². The van der Waals surface area contributed by atoms with Crippen LogP contribution in [-0.4, -0.2) is 17.6 Å². The highest BCUT2D eigenvalue weighted by atomic mass is 16.2. The van der Waals surface area contributed by atoms with Gasteiger partial charge in [-0.1, -0.05) is 78.9 Å². The predicted molar refractivity (Wildman–Crippen MR) is 148 cm³/mol. The van der Waals surface area contributed by atoms with E-state index >= 15 is 0 Å². The lowest BCUT2D eigenvalue weighted by molar-refractivity contribution is -0.132. The van der Waals surface area contributed by atoms with Gasteiger partial charge in [0.2, 0.25) is 11.8 Å². The maximum Gasteiger partial charge on any atom is 0.236 e. The summed E-state index contributed by atoms with van der Waals surface area (Å²) in [6.07, 6.45) is 0.969. The number of nitrogens with two attached hydrogens (primary N) is 1. The molecule has 4 aromatic carbocycles. The first-order valence-electron chi connectivity index (χ1n) is 12.2. The number of amides is 2. The number of aryl methyl sites for hydroxylation is 1. The Hall–Kier alpha value is -4.71.